The van der Waals surface area contributed by atoms with Crippen molar-refractivity contribution in [2.75, 3.05) is 6.54 Å². The van der Waals surface area contributed by atoms with Gasteiger partial charge in [-0.15, -0.1) is 11.3 Å². The van der Waals surface area contributed by atoms with Crippen molar-refractivity contribution < 1.29 is 0 Å². The molecule has 0 spiro atoms. The third-order valence-electron chi connectivity index (χ3n) is 2.31. The molecule has 1 heterocycles. The average Bonchev–Trinajstić information content (AvgIpc) is 2.54. The normalized spacial score (nSPS) is 13.5. The summed E-state index contributed by atoms with van der Waals surface area (Å²) in [6, 6.07) is 0. The van der Waals surface area contributed by atoms with Gasteiger partial charge in [0.05, 0.1) is 10.7 Å². The van der Waals surface area contributed by atoms with E-state index in [2.05, 4.69) is 31.1 Å². The van der Waals surface area contributed by atoms with E-state index in [1.165, 1.54) is 10.7 Å². The summed E-state index contributed by atoms with van der Waals surface area (Å²) in [6.45, 7) is 7.32. The summed E-state index contributed by atoms with van der Waals surface area (Å²) in [5, 5.41) is 3.39. The van der Waals surface area contributed by atoms with Crippen molar-refractivity contribution in [2.45, 2.75) is 39.5 Å². The zero-order chi connectivity index (χ0) is 10.6. The second-order valence-corrected chi connectivity index (χ2v) is 5.01. The van der Waals surface area contributed by atoms with Crippen LogP contribution in [0.5, 0.6) is 0 Å². The standard InChI is InChI=1S/C11H20N2S/c1-4-9(6-12)11-13-10(7-14-11)5-8(2)3/h7-9H,4-6,12H2,1-3H3. The second kappa shape index (κ2) is 5.47. The van der Waals surface area contributed by atoms with Crippen LogP contribution in [-0.2, 0) is 6.42 Å². The molecule has 0 aromatic carbocycles. The zero-order valence-corrected chi connectivity index (χ0v) is 10.1. The molecule has 1 unspecified atom stereocenters. The SMILES string of the molecule is CCC(CN)c1nc(CC(C)C)cs1. The molecule has 1 atom stereocenters. The lowest BCUT2D eigenvalue weighted by Gasteiger charge is -2.07. The van der Waals surface area contributed by atoms with E-state index in [0.29, 0.717) is 18.4 Å². The first-order valence-electron chi connectivity index (χ1n) is 5.31. The van der Waals surface area contributed by atoms with Crippen molar-refractivity contribution in [2.24, 2.45) is 11.7 Å². The minimum atomic E-state index is 0.459. The van der Waals surface area contributed by atoms with Gasteiger partial charge in [-0.3, -0.25) is 0 Å². The van der Waals surface area contributed by atoms with Gasteiger partial charge in [0, 0.05) is 17.8 Å². The third kappa shape index (κ3) is 3.07. The number of hydrogen-bond donors (Lipinski definition) is 1. The van der Waals surface area contributed by atoms with Crippen LogP contribution in [0.1, 0.15) is 43.8 Å². The Kier molecular flexibility index (Phi) is 4.55. The molecule has 1 rings (SSSR count). The van der Waals surface area contributed by atoms with Crippen LogP contribution < -0.4 is 5.73 Å². The van der Waals surface area contributed by atoms with E-state index >= 15 is 0 Å². The molecule has 0 saturated carbocycles. The molecule has 3 heteroatoms. The molecule has 0 aliphatic carbocycles. The molecule has 1 aromatic heterocycles. The van der Waals surface area contributed by atoms with E-state index in [1.54, 1.807) is 11.3 Å². The van der Waals surface area contributed by atoms with Gasteiger partial charge in [0.15, 0.2) is 0 Å². The predicted octanol–water partition coefficient (Wildman–Crippen LogP) is 2.79. The average molecular weight is 212 g/mol. The van der Waals surface area contributed by atoms with Crippen molar-refractivity contribution in [1.82, 2.24) is 4.98 Å². The Labute approximate surface area is 90.6 Å². The fraction of sp³-hybridized carbons (Fsp3) is 0.727. The lowest BCUT2D eigenvalue weighted by molar-refractivity contribution is 0.626. The molecule has 0 saturated heterocycles. The van der Waals surface area contributed by atoms with E-state index in [9.17, 15) is 0 Å². The molecule has 2 nitrogen and oxygen atoms in total. The quantitative estimate of drug-likeness (QED) is 0.815. The molecule has 80 valence electrons. The van der Waals surface area contributed by atoms with Gasteiger partial charge in [-0.1, -0.05) is 20.8 Å². The van der Waals surface area contributed by atoms with Gasteiger partial charge in [-0.05, 0) is 18.8 Å². The highest BCUT2D eigenvalue weighted by atomic mass is 32.1. The molecule has 0 aliphatic rings. The lowest BCUT2D eigenvalue weighted by Crippen LogP contribution is -2.11. The van der Waals surface area contributed by atoms with Crippen molar-refractivity contribution in [3.8, 4) is 0 Å². The number of hydrogen-bond acceptors (Lipinski definition) is 3. The van der Waals surface area contributed by atoms with Crippen LogP contribution in [-0.4, -0.2) is 11.5 Å². The highest BCUT2D eigenvalue weighted by molar-refractivity contribution is 7.09. The summed E-state index contributed by atoms with van der Waals surface area (Å²) < 4.78 is 0. The van der Waals surface area contributed by atoms with Crippen molar-refractivity contribution >= 4 is 11.3 Å². The Morgan fingerprint density at radius 2 is 2.21 bits per heavy atom. The first-order valence-corrected chi connectivity index (χ1v) is 6.19. The number of nitrogens with two attached hydrogens (primary N) is 1. The maximum atomic E-state index is 5.69. The Morgan fingerprint density at radius 3 is 2.71 bits per heavy atom. The molecule has 0 aliphatic heterocycles. The van der Waals surface area contributed by atoms with Crippen LogP contribution in [0.15, 0.2) is 5.38 Å². The van der Waals surface area contributed by atoms with Crippen LogP contribution in [0.4, 0.5) is 0 Å². The molecule has 1 aromatic rings. The largest absolute Gasteiger partial charge is 0.330 e. The minimum Gasteiger partial charge on any atom is -0.330 e. The van der Waals surface area contributed by atoms with E-state index in [-0.39, 0.29) is 0 Å². The second-order valence-electron chi connectivity index (χ2n) is 4.12. The van der Waals surface area contributed by atoms with E-state index in [1.807, 2.05) is 0 Å². The summed E-state index contributed by atoms with van der Waals surface area (Å²) in [5.74, 6) is 1.14. The van der Waals surface area contributed by atoms with Crippen molar-refractivity contribution in [1.29, 1.82) is 0 Å². The molecule has 0 bridgehead atoms. The topological polar surface area (TPSA) is 38.9 Å². The summed E-state index contributed by atoms with van der Waals surface area (Å²) in [4.78, 5) is 4.63. The highest BCUT2D eigenvalue weighted by Gasteiger charge is 2.12. The van der Waals surface area contributed by atoms with E-state index in [4.69, 9.17) is 5.73 Å². The van der Waals surface area contributed by atoms with Gasteiger partial charge < -0.3 is 5.73 Å². The third-order valence-corrected chi connectivity index (χ3v) is 3.37. The first kappa shape index (κ1) is 11.7. The smallest absolute Gasteiger partial charge is 0.0971 e. The van der Waals surface area contributed by atoms with E-state index in [0.717, 1.165) is 12.8 Å². The Hall–Kier alpha value is -0.410. The predicted molar refractivity (Wildman–Crippen MR) is 62.7 cm³/mol. The summed E-state index contributed by atoms with van der Waals surface area (Å²) in [7, 11) is 0. The zero-order valence-electron chi connectivity index (χ0n) is 9.29. The van der Waals surface area contributed by atoms with Crippen molar-refractivity contribution in [3.63, 3.8) is 0 Å². The minimum absolute atomic E-state index is 0.459. The summed E-state index contributed by atoms with van der Waals surface area (Å²) >= 11 is 1.76. The molecular formula is C11H20N2S. The van der Waals surface area contributed by atoms with Crippen LogP contribution in [0.25, 0.3) is 0 Å². The number of thiazole rings is 1. The Bertz CT molecular complexity index is 264. The van der Waals surface area contributed by atoms with Gasteiger partial charge >= 0.3 is 0 Å². The Balaban J connectivity index is 2.66. The first-order chi connectivity index (χ1) is 6.67. The summed E-state index contributed by atoms with van der Waals surface area (Å²) in [6.07, 6.45) is 2.17. The van der Waals surface area contributed by atoms with Gasteiger partial charge in [-0.25, -0.2) is 4.98 Å². The fourth-order valence-electron chi connectivity index (χ4n) is 1.46. The molecular weight excluding hydrogens is 192 g/mol. The van der Waals surface area contributed by atoms with Crippen LogP contribution in [0, 0.1) is 5.92 Å². The molecule has 0 amide bonds. The molecule has 2 N–H and O–H groups in total. The molecule has 0 radical (unpaired) electrons. The van der Waals surface area contributed by atoms with E-state index < -0.39 is 0 Å². The number of rotatable bonds is 5. The van der Waals surface area contributed by atoms with Crippen molar-refractivity contribution in [3.05, 3.63) is 16.1 Å². The maximum absolute atomic E-state index is 5.69. The Morgan fingerprint density at radius 1 is 1.50 bits per heavy atom. The monoisotopic (exact) mass is 212 g/mol. The summed E-state index contributed by atoms with van der Waals surface area (Å²) in [5.41, 5.74) is 6.92. The van der Waals surface area contributed by atoms with Gasteiger partial charge in [0.25, 0.3) is 0 Å². The molecule has 0 fully saturated rings. The van der Waals surface area contributed by atoms with Gasteiger partial charge in [0.2, 0.25) is 0 Å². The van der Waals surface area contributed by atoms with Gasteiger partial charge in [-0.2, -0.15) is 0 Å². The fourth-order valence-corrected chi connectivity index (χ4v) is 2.50. The highest BCUT2D eigenvalue weighted by Crippen LogP contribution is 2.23. The number of aromatic nitrogens is 1. The molecule has 14 heavy (non-hydrogen) atoms. The van der Waals surface area contributed by atoms with Crippen LogP contribution in [0.2, 0.25) is 0 Å². The van der Waals surface area contributed by atoms with Crippen LogP contribution in [0.3, 0.4) is 0 Å². The lowest BCUT2D eigenvalue weighted by atomic mass is 10.1. The van der Waals surface area contributed by atoms with Gasteiger partial charge in [0.1, 0.15) is 0 Å². The number of nitrogens with zero attached hydrogens (tertiary/aromatic N) is 1. The maximum Gasteiger partial charge on any atom is 0.0971 e. The van der Waals surface area contributed by atoms with Crippen LogP contribution >= 0.6 is 11.3 Å².